The SMILES string of the molecule is Cc1c(/C=C2/SC(=S)N(Cc3ccccc3Cl)C2=O)c(N2CCN(c3ccccc3)CC2)n(C)c(=O)c1C#N. The normalized spacial score (nSPS) is 16.8. The highest BCUT2D eigenvalue weighted by atomic mass is 35.5. The van der Waals surface area contributed by atoms with Gasteiger partial charge in [0.15, 0.2) is 0 Å². The summed E-state index contributed by atoms with van der Waals surface area (Å²) in [5.74, 6) is 0.470. The van der Waals surface area contributed by atoms with Crippen LogP contribution in [-0.4, -0.2) is 45.9 Å². The van der Waals surface area contributed by atoms with Crippen LogP contribution in [0.15, 0.2) is 64.3 Å². The predicted molar refractivity (Wildman–Crippen MR) is 162 cm³/mol. The lowest BCUT2D eigenvalue weighted by atomic mass is 10.0. The van der Waals surface area contributed by atoms with E-state index in [0.717, 1.165) is 24.3 Å². The summed E-state index contributed by atoms with van der Waals surface area (Å²) in [7, 11) is 1.68. The number of pyridine rings is 1. The number of nitrogens with zero attached hydrogens (tertiary/aromatic N) is 5. The summed E-state index contributed by atoms with van der Waals surface area (Å²) in [6, 6.07) is 19.7. The molecular formula is C29H26ClN5O2S2. The molecule has 0 N–H and O–H groups in total. The summed E-state index contributed by atoms with van der Waals surface area (Å²) in [5.41, 5.74) is 2.92. The minimum Gasteiger partial charge on any atom is -0.368 e. The standard InChI is InChI=1S/C29H26ClN5O2S2/c1-19-22(16-25-28(37)35(29(38)39-25)18-20-8-6-7-11-24(20)30)26(32(2)27(36)23(19)17-31)34-14-12-33(13-15-34)21-9-4-3-5-10-21/h3-11,16H,12-15,18H2,1-2H3/b25-16+. The van der Waals surface area contributed by atoms with Crippen LogP contribution in [-0.2, 0) is 18.4 Å². The zero-order valence-electron chi connectivity index (χ0n) is 21.6. The second-order valence-electron chi connectivity index (χ2n) is 9.38. The number of anilines is 2. The number of carbonyl (C=O) groups is 1. The van der Waals surface area contributed by atoms with Crippen LogP contribution in [0.25, 0.3) is 6.08 Å². The second-order valence-corrected chi connectivity index (χ2v) is 11.5. The number of thiocarbonyl (C=S) groups is 1. The first-order valence-corrected chi connectivity index (χ1v) is 14.1. The molecule has 0 aliphatic carbocycles. The Labute approximate surface area is 241 Å². The molecule has 2 aliphatic rings. The van der Waals surface area contributed by atoms with Crippen LogP contribution in [0.2, 0.25) is 5.02 Å². The molecule has 3 aromatic rings. The van der Waals surface area contributed by atoms with Crippen LogP contribution in [0, 0.1) is 18.3 Å². The number of halogens is 1. The Morgan fingerprint density at radius 1 is 1.03 bits per heavy atom. The number of aromatic nitrogens is 1. The Hall–Kier alpha value is -3.58. The summed E-state index contributed by atoms with van der Waals surface area (Å²) in [4.78, 5) is 33.1. The molecule has 2 aromatic carbocycles. The average molecular weight is 576 g/mol. The van der Waals surface area contributed by atoms with Gasteiger partial charge in [0.1, 0.15) is 21.8 Å². The van der Waals surface area contributed by atoms with Gasteiger partial charge in [-0.2, -0.15) is 5.26 Å². The highest BCUT2D eigenvalue weighted by Crippen LogP contribution is 2.37. The molecule has 198 valence electrons. The van der Waals surface area contributed by atoms with Gasteiger partial charge in [-0.25, -0.2) is 0 Å². The first kappa shape index (κ1) is 27.0. The predicted octanol–water partition coefficient (Wildman–Crippen LogP) is 4.95. The lowest BCUT2D eigenvalue weighted by Gasteiger charge is -2.38. The Kier molecular flexibility index (Phi) is 7.80. The van der Waals surface area contributed by atoms with E-state index in [1.54, 1.807) is 26.1 Å². The van der Waals surface area contributed by atoms with Crippen molar-refractivity contribution in [3.63, 3.8) is 0 Å². The van der Waals surface area contributed by atoms with Gasteiger partial charge in [0.25, 0.3) is 11.5 Å². The molecule has 1 aromatic heterocycles. The molecule has 5 rings (SSSR count). The molecule has 1 amide bonds. The van der Waals surface area contributed by atoms with Gasteiger partial charge in [0.05, 0.1) is 11.4 Å². The minimum absolute atomic E-state index is 0.0713. The fraction of sp³-hybridized carbons (Fsp3) is 0.241. The van der Waals surface area contributed by atoms with E-state index in [1.165, 1.54) is 21.2 Å². The molecule has 2 fully saturated rings. The maximum atomic E-state index is 13.5. The van der Waals surface area contributed by atoms with Crippen molar-refractivity contribution < 1.29 is 4.79 Å². The number of hydrogen-bond donors (Lipinski definition) is 0. The van der Waals surface area contributed by atoms with E-state index in [0.29, 0.717) is 44.3 Å². The lowest BCUT2D eigenvalue weighted by Crippen LogP contribution is -2.48. The number of nitriles is 1. The quantitative estimate of drug-likeness (QED) is 0.315. The molecule has 10 heteroatoms. The van der Waals surface area contributed by atoms with Gasteiger partial charge in [-0.3, -0.25) is 19.1 Å². The molecule has 7 nitrogen and oxygen atoms in total. The first-order chi connectivity index (χ1) is 18.8. The van der Waals surface area contributed by atoms with Gasteiger partial charge in [-0.15, -0.1) is 0 Å². The Morgan fingerprint density at radius 3 is 2.33 bits per heavy atom. The van der Waals surface area contributed by atoms with E-state index in [-0.39, 0.29) is 23.6 Å². The second kappa shape index (κ2) is 11.3. The van der Waals surface area contributed by atoms with Crippen LogP contribution in [0.5, 0.6) is 0 Å². The molecule has 0 bridgehead atoms. The van der Waals surface area contributed by atoms with Crippen LogP contribution in [0.1, 0.15) is 22.3 Å². The molecule has 0 radical (unpaired) electrons. The fourth-order valence-electron chi connectivity index (χ4n) is 4.97. The van der Waals surface area contributed by atoms with Crippen molar-refractivity contribution in [1.82, 2.24) is 9.47 Å². The van der Waals surface area contributed by atoms with Crippen molar-refractivity contribution in [2.24, 2.45) is 7.05 Å². The smallest absolute Gasteiger partial charge is 0.270 e. The number of para-hydroxylation sites is 1. The van der Waals surface area contributed by atoms with Crippen LogP contribution in [0.4, 0.5) is 11.5 Å². The number of amides is 1. The third-order valence-electron chi connectivity index (χ3n) is 7.10. The Bertz CT molecular complexity index is 1590. The van der Waals surface area contributed by atoms with Crippen molar-refractivity contribution in [3.8, 4) is 6.07 Å². The highest BCUT2D eigenvalue weighted by molar-refractivity contribution is 8.26. The lowest BCUT2D eigenvalue weighted by molar-refractivity contribution is -0.122. The molecule has 2 aliphatic heterocycles. The van der Waals surface area contributed by atoms with Gasteiger partial charge in [-0.05, 0) is 42.3 Å². The molecular weight excluding hydrogens is 550 g/mol. The van der Waals surface area contributed by atoms with Crippen molar-refractivity contribution in [3.05, 3.63) is 97.1 Å². The number of thioether (sulfide) groups is 1. The van der Waals surface area contributed by atoms with E-state index in [4.69, 9.17) is 23.8 Å². The topological polar surface area (TPSA) is 72.6 Å². The van der Waals surface area contributed by atoms with Gasteiger partial charge < -0.3 is 9.80 Å². The largest absolute Gasteiger partial charge is 0.368 e. The van der Waals surface area contributed by atoms with Gasteiger partial charge in [0, 0.05) is 49.5 Å². The maximum absolute atomic E-state index is 13.5. The van der Waals surface area contributed by atoms with Crippen LogP contribution in [0.3, 0.4) is 0 Å². The zero-order chi connectivity index (χ0) is 27.7. The molecule has 2 saturated heterocycles. The Morgan fingerprint density at radius 2 is 1.67 bits per heavy atom. The van der Waals surface area contributed by atoms with Crippen LogP contribution < -0.4 is 15.4 Å². The third kappa shape index (κ3) is 5.20. The van der Waals surface area contributed by atoms with Gasteiger partial charge in [0.2, 0.25) is 0 Å². The monoisotopic (exact) mass is 575 g/mol. The zero-order valence-corrected chi connectivity index (χ0v) is 23.9. The van der Waals surface area contributed by atoms with Gasteiger partial charge >= 0.3 is 0 Å². The van der Waals surface area contributed by atoms with E-state index in [9.17, 15) is 14.9 Å². The van der Waals surface area contributed by atoms with Crippen LogP contribution >= 0.6 is 35.6 Å². The van der Waals surface area contributed by atoms with Crippen molar-refractivity contribution >= 4 is 63.4 Å². The van der Waals surface area contributed by atoms with Crippen molar-refractivity contribution in [1.29, 1.82) is 5.26 Å². The summed E-state index contributed by atoms with van der Waals surface area (Å²) in [6.45, 7) is 4.95. The molecule has 39 heavy (non-hydrogen) atoms. The molecule has 3 heterocycles. The van der Waals surface area contributed by atoms with Crippen molar-refractivity contribution in [2.45, 2.75) is 13.5 Å². The fourth-order valence-corrected chi connectivity index (χ4v) is 6.41. The summed E-state index contributed by atoms with van der Waals surface area (Å²) < 4.78 is 1.97. The van der Waals surface area contributed by atoms with E-state index in [2.05, 4.69) is 28.0 Å². The molecule has 0 spiro atoms. The number of benzene rings is 2. The third-order valence-corrected chi connectivity index (χ3v) is 8.85. The summed E-state index contributed by atoms with van der Waals surface area (Å²) >= 11 is 13.1. The number of piperazine rings is 1. The van der Waals surface area contributed by atoms with Crippen molar-refractivity contribution in [2.75, 3.05) is 36.0 Å². The van der Waals surface area contributed by atoms with Gasteiger partial charge in [-0.1, -0.05) is 72.0 Å². The minimum atomic E-state index is -0.348. The molecule has 0 atom stereocenters. The molecule has 0 unspecified atom stereocenters. The number of rotatable bonds is 5. The molecule has 0 saturated carbocycles. The average Bonchev–Trinajstić information content (AvgIpc) is 3.21. The number of carbonyl (C=O) groups excluding carboxylic acids is 1. The number of hydrogen-bond acceptors (Lipinski definition) is 7. The Balaban J connectivity index is 1.50. The first-order valence-electron chi connectivity index (χ1n) is 12.5. The van der Waals surface area contributed by atoms with E-state index >= 15 is 0 Å². The summed E-state index contributed by atoms with van der Waals surface area (Å²) in [6.07, 6.45) is 1.78. The van der Waals surface area contributed by atoms with E-state index in [1.807, 2.05) is 36.4 Å². The van der Waals surface area contributed by atoms with E-state index < -0.39 is 0 Å². The maximum Gasteiger partial charge on any atom is 0.270 e. The summed E-state index contributed by atoms with van der Waals surface area (Å²) in [5, 5.41) is 10.3. The highest BCUT2D eigenvalue weighted by Gasteiger charge is 2.34.